The molecule has 30 heavy (non-hydrogen) atoms. The molecule has 1 saturated heterocycles. The lowest BCUT2D eigenvalue weighted by atomic mass is 10.0. The molecule has 4 nitrogen and oxygen atoms in total. The van der Waals surface area contributed by atoms with Crippen molar-refractivity contribution in [2.45, 2.75) is 45.4 Å². The van der Waals surface area contributed by atoms with E-state index in [0.29, 0.717) is 11.8 Å². The van der Waals surface area contributed by atoms with Gasteiger partial charge in [0.2, 0.25) is 0 Å². The quantitative estimate of drug-likeness (QED) is 0.440. The molecule has 3 rings (SSSR count). The molecule has 0 spiro atoms. The maximum atomic E-state index is 10.6. The molecule has 1 heterocycles. The number of aromatic hydroxyl groups is 1. The summed E-state index contributed by atoms with van der Waals surface area (Å²) in [5.41, 5.74) is 2.51. The Balaban J connectivity index is 1.68. The first-order valence-electron chi connectivity index (χ1n) is 10.7. The summed E-state index contributed by atoms with van der Waals surface area (Å²) >= 11 is 2.15. The van der Waals surface area contributed by atoms with Crippen molar-refractivity contribution < 1.29 is 10.2 Å². The minimum Gasteiger partial charge on any atom is -0.507 e. The van der Waals surface area contributed by atoms with Gasteiger partial charge in [-0.3, -0.25) is 4.90 Å². The van der Waals surface area contributed by atoms with Crippen LogP contribution in [-0.2, 0) is 6.54 Å². The molecular formula is C25H31IN2O2. The van der Waals surface area contributed by atoms with Gasteiger partial charge in [0.15, 0.2) is 0 Å². The number of hydrogen-bond acceptors (Lipinski definition) is 4. The minimum absolute atomic E-state index is 0.343. The molecule has 2 aromatic rings. The minimum atomic E-state index is -0.819. The molecule has 1 aliphatic rings. The summed E-state index contributed by atoms with van der Waals surface area (Å²) < 4.78 is 0.793. The second-order valence-corrected chi connectivity index (χ2v) is 8.94. The van der Waals surface area contributed by atoms with Gasteiger partial charge in [0, 0.05) is 23.7 Å². The van der Waals surface area contributed by atoms with Gasteiger partial charge in [0.1, 0.15) is 11.9 Å². The van der Waals surface area contributed by atoms with Crippen LogP contribution in [0.4, 0.5) is 0 Å². The van der Waals surface area contributed by atoms with Crippen LogP contribution in [-0.4, -0.2) is 52.2 Å². The highest BCUT2D eigenvalue weighted by Gasteiger charge is 2.23. The van der Waals surface area contributed by atoms with Crippen LogP contribution in [0.15, 0.2) is 42.5 Å². The Morgan fingerprint density at radius 2 is 1.80 bits per heavy atom. The number of phenols is 1. The van der Waals surface area contributed by atoms with Crippen LogP contribution in [0.3, 0.4) is 0 Å². The number of aliphatic hydroxyl groups is 1. The highest BCUT2D eigenvalue weighted by atomic mass is 127. The van der Waals surface area contributed by atoms with E-state index in [2.05, 4.69) is 58.1 Å². The maximum absolute atomic E-state index is 10.6. The molecule has 2 N–H and O–H groups in total. The lowest BCUT2D eigenvalue weighted by Gasteiger charge is -2.37. The third-order valence-corrected chi connectivity index (χ3v) is 6.71. The van der Waals surface area contributed by atoms with E-state index in [1.54, 1.807) is 0 Å². The number of hydrogen-bond donors (Lipinski definition) is 2. The Hall–Kier alpha value is -1.59. The van der Waals surface area contributed by atoms with Crippen LogP contribution in [0.25, 0.3) is 0 Å². The predicted octanol–water partition coefficient (Wildman–Crippen LogP) is 4.39. The summed E-state index contributed by atoms with van der Waals surface area (Å²) in [7, 11) is 0. The van der Waals surface area contributed by atoms with Gasteiger partial charge < -0.3 is 15.1 Å². The first-order valence-corrected chi connectivity index (χ1v) is 11.8. The van der Waals surface area contributed by atoms with Gasteiger partial charge in [0.05, 0.1) is 3.57 Å². The van der Waals surface area contributed by atoms with Crippen LogP contribution in [0.5, 0.6) is 5.75 Å². The molecule has 0 aromatic heterocycles. The molecule has 0 amide bonds. The lowest BCUT2D eigenvalue weighted by molar-refractivity contribution is 0.112. The van der Waals surface area contributed by atoms with Crippen LogP contribution in [0.1, 0.15) is 49.5 Å². The van der Waals surface area contributed by atoms with E-state index < -0.39 is 6.10 Å². The third kappa shape index (κ3) is 5.98. The molecule has 1 atom stereocenters. The number of halogens is 1. The van der Waals surface area contributed by atoms with Crippen molar-refractivity contribution in [1.29, 1.82) is 0 Å². The van der Waals surface area contributed by atoms with Gasteiger partial charge in [-0.05, 0) is 79.3 Å². The average molecular weight is 518 g/mol. The summed E-state index contributed by atoms with van der Waals surface area (Å²) in [5, 5.41) is 20.9. The normalized spacial score (nSPS) is 16.3. The SMILES string of the molecule is CCN(CC)C1CCN(Cc2cc(C#CC(O)c3ccccc3)cc(I)c2O)CC1. The van der Waals surface area contributed by atoms with Crippen molar-refractivity contribution in [2.75, 3.05) is 26.2 Å². The smallest absolute Gasteiger partial charge is 0.140 e. The number of rotatable bonds is 6. The fourth-order valence-corrected chi connectivity index (χ4v) is 4.82. The predicted molar refractivity (Wildman–Crippen MR) is 130 cm³/mol. The topological polar surface area (TPSA) is 46.9 Å². The number of nitrogens with zero attached hydrogens (tertiary/aromatic N) is 2. The van der Waals surface area contributed by atoms with Crippen molar-refractivity contribution in [3.8, 4) is 17.6 Å². The largest absolute Gasteiger partial charge is 0.507 e. The van der Waals surface area contributed by atoms with Crippen molar-refractivity contribution in [1.82, 2.24) is 9.80 Å². The van der Waals surface area contributed by atoms with Crippen molar-refractivity contribution in [3.05, 3.63) is 62.7 Å². The second kappa shape index (κ2) is 11.1. The van der Waals surface area contributed by atoms with E-state index in [1.165, 1.54) is 12.8 Å². The molecular weight excluding hydrogens is 487 g/mol. The van der Waals surface area contributed by atoms with Crippen LogP contribution in [0.2, 0.25) is 0 Å². The van der Waals surface area contributed by atoms with Gasteiger partial charge in [-0.25, -0.2) is 0 Å². The van der Waals surface area contributed by atoms with E-state index >= 15 is 0 Å². The Labute approximate surface area is 194 Å². The number of likely N-dealkylation sites (tertiary alicyclic amines) is 1. The van der Waals surface area contributed by atoms with Crippen LogP contribution in [0, 0.1) is 15.4 Å². The van der Waals surface area contributed by atoms with Crippen molar-refractivity contribution in [2.24, 2.45) is 0 Å². The standard InChI is InChI=1S/C25H31IN2O2/c1-3-28(4-2)22-12-14-27(15-13-22)18-21-16-19(17-23(26)25(21)30)10-11-24(29)20-8-6-5-7-9-20/h5-9,16-17,22,24,29-30H,3-4,12-15,18H2,1-2H3. The summed E-state index contributed by atoms with van der Waals surface area (Å²) in [6.07, 6.45) is 1.52. The van der Waals surface area contributed by atoms with Crippen molar-refractivity contribution in [3.63, 3.8) is 0 Å². The Bertz CT molecular complexity index is 879. The van der Waals surface area contributed by atoms with E-state index in [4.69, 9.17) is 0 Å². The van der Waals surface area contributed by atoms with Crippen molar-refractivity contribution >= 4 is 22.6 Å². The van der Waals surface area contributed by atoms with Crippen LogP contribution < -0.4 is 0 Å². The first-order chi connectivity index (χ1) is 14.5. The molecule has 0 saturated carbocycles. The van der Waals surface area contributed by atoms with Gasteiger partial charge in [-0.15, -0.1) is 0 Å². The maximum Gasteiger partial charge on any atom is 0.140 e. The van der Waals surface area contributed by atoms with Gasteiger partial charge in [-0.2, -0.15) is 0 Å². The Morgan fingerprint density at radius 3 is 2.43 bits per heavy atom. The zero-order valence-electron chi connectivity index (χ0n) is 17.8. The summed E-state index contributed by atoms with van der Waals surface area (Å²) in [6.45, 7) is 9.49. The van der Waals surface area contributed by atoms with E-state index in [1.807, 2.05) is 42.5 Å². The number of piperidine rings is 1. The Morgan fingerprint density at radius 1 is 1.13 bits per heavy atom. The second-order valence-electron chi connectivity index (χ2n) is 7.78. The summed E-state index contributed by atoms with van der Waals surface area (Å²) in [4.78, 5) is 4.97. The van der Waals surface area contributed by atoms with E-state index in [-0.39, 0.29) is 0 Å². The van der Waals surface area contributed by atoms with Gasteiger partial charge >= 0.3 is 0 Å². The monoisotopic (exact) mass is 518 g/mol. The molecule has 5 heteroatoms. The first kappa shape index (κ1) is 23.1. The number of aliphatic hydroxyl groups excluding tert-OH is 1. The summed E-state index contributed by atoms with van der Waals surface area (Å²) in [6, 6.07) is 13.9. The molecule has 1 fully saturated rings. The van der Waals surface area contributed by atoms with E-state index in [0.717, 1.165) is 53.0 Å². The highest BCUT2D eigenvalue weighted by Crippen LogP contribution is 2.28. The van der Waals surface area contributed by atoms with Crippen LogP contribution >= 0.6 is 22.6 Å². The lowest BCUT2D eigenvalue weighted by Crippen LogP contribution is -2.44. The van der Waals surface area contributed by atoms with Gasteiger partial charge in [-0.1, -0.05) is 56.0 Å². The third-order valence-electron chi connectivity index (χ3n) is 5.89. The molecule has 1 unspecified atom stereocenters. The molecule has 160 valence electrons. The molecule has 0 radical (unpaired) electrons. The molecule has 2 aromatic carbocycles. The molecule has 0 aliphatic carbocycles. The zero-order chi connectivity index (χ0) is 21.5. The number of benzene rings is 2. The fraction of sp³-hybridized carbons (Fsp3) is 0.440. The fourth-order valence-electron chi connectivity index (χ4n) is 4.14. The summed E-state index contributed by atoms with van der Waals surface area (Å²) in [5.74, 6) is 6.35. The zero-order valence-corrected chi connectivity index (χ0v) is 20.0. The average Bonchev–Trinajstić information content (AvgIpc) is 2.78. The Kier molecular flexibility index (Phi) is 8.58. The molecule has 1 aliphatic heterocycles. The van der Waals surface area contributed by atoms with E-state index in [9.17, 15) is 10.2 Å². The number of phenolic OH excluding ortho intramolecular Hbond substituents is 1. The molecule has 0 bridgehead atoms. The highest BCUT2D eigenvalue weighted by molar-refractivity contribution is 14.1. The van der Waals surface area contributed by atoms with Gasteiger partial charge in [0.25, 0.3) is 0 Å².